The number of halogens is 1. The van der Waals surface area contributed by atoms with Gasteiger partial charge in [-0.1, -0.05) is 42.5 Å². The minimum Gasteiger partial charge on any atom is -0.321 e. The molecule has 2 aromatic carbocycles. The van der Waals surface area contributed by atoms with Crippen molar-refractivity contribution in [3.8, 4) is 11.1 Å². The maximum absolute atomic E-state index is 14.0. The molecule has 0 aliphatic heterocycles. The molecular weight excluding hydrogens is 213 g/mol. The van der Waals surface area contributed by atoms with Gasteiger partial charge in [-0.15, -0.1) is 0 Å². The molecule has 2 N–H and O–H groups in total. The van der Waals surface area contributed by atoms with Gasteiger partial charge in [0.05, 0.1) is 0 Å². The highest BCUT2D eigenvalue weighted by Gasteiger charge is 2.40. The molecule has 0 bridgehead atoms. The molecule has 3 rings (SSSR count). The molecule has 0 radical (unpaired) electrons. The Morgan fingerprint density at radius 1 is 1.00 bits per heavy atom. The van der Waals surface area contributed by atoms with Crippen LogP contribution < -0.4 is 5.73 Å². The molecule has 1 fully saturated rings. The number of rotatable bonds is 2. The van der Waals surface area contributed by atoms with Crippen molar-refractivity contribution in [3.05, 3.63) is 59.9 Å². The molecule has 1 aliphatic carbocycles. The summed E-state index contributed by atoms with van der Waals surface area (Å²) < 4.78 is 14.0. The zero-order valence-electron chi connectivity index (χ0n) is 9.49. The molecule has 0 heterocycles. The summed E-state index contributed by atoms with van der Waals surface area (Å²) in [4.78, 5) is 0. The molecule has 17 heavy (non-hydrogen) atoms. The van der Waals surface area contributed by atoms with Gasteiger partial charge in [0.15, 0.2) is 0 Å². The van der Waals surface area contributed by atoms with E-state index >= 15 is 0 Å². The average Bonchev–Trinajstić information content (AvgIpc) is 3.10. The first-order valence-electron chi connectivity index (χ1n) is 5.83. The van der Waals surface area contributed by atoms with E-state index in [2.05, 4.69) is 0 Å². The van der Waals surface area contributed by atoms with Gasteiger partial charge >= 0.3 is 0 Å². The summed E-state index contributed by atoms with van der Waals surface area (Å²) in [5.41, 5.74) is 8.24. The van der Waals surface area contributed by atoms with Crippen molar-refractivity contribution in [3.63, 3.8) is 0 Å². The van der Waals surface area contributed by atoms with Gasteiger partial charge in [-0.2, -0.15) is 0 Å². The van der Waals surface area contributed by atoms with E-state index in [0.29, 0.717) is 5.56 Å². The predicted molar refractivity (Wildman–Crippen MR) is 66.9 cm³/mol. The minimum absolute atomic E-state index is 0.189. The van der Waals surface area contributed by atoms with Crippen LogP contribution in [0.4, 0.5) is 4.39 Å². The summed E-state index contributed by atoms with van der Waals surface area (Å²) in [6.07, 6.45) is 1.91. The molecule has 1 aliphatic rings. The summed E-state index contributed by atoms with van der Waals surface area (Å²) in [6.45, 7) is 0. The second-order valence-corrected chi connectivity index (χ2v) is 4.72. The van der Waals surface area contributed by atoms with Crippen LogP contribution in [-0.2, 0) is 5.54 Å². The van der Waals surface area contributed by atoms with Crippen molar-refractivity contribution in [2.45, 2.75) is 18.4 Å². The summed E-state index contributed by atoms with van der Waals surface area (Å²) in [5, 5.41) is 0. The van der Waals surface area contributed by atoms with Crippen molar-refractivity contribution < 1.29 is 4.39 Å². The predicted octanol–water partition coefficient (Wildman–Crippen LogP) is 3.44. The fourth-order valence-electron chi connectivity index (χ4n) is 2.10. The van der Waals surface area contributed by atoms with Crippen LogP contribution >= 0.6 is 0 Å². The van der Waals surface area contributed by atoms with Crippen LogP contribution in [0.5, 0.6) is 0 Å². The van der Waals surface area contributed by atoms with E-state index in [1.807, 2.05) is 42.5 Å². The first kappa shape index (κ1) is 10.5. The van der Waals surface area contributed by atoms with Gasteiger partial charge in [-0.25, -0.2) is 4.39 Å². The zero-order valence-corrected chi connectivity index (χ0v) is 9.49. The van der Waals surface area contributed by atoms with Crippen LogP contribution in [-0.4, -0.2) is 0 Å². The Morgan fingerprint density at radius 2 is 1.71 bits per heavy atom. The molecule has 2 heteroatoms. The third-order valence-electron chi connectivity index (χ3n) is 3.42. The van der Waals surface area contributed by atoms with Gasteiger partial charge in [-0.3, -0.25) is 0 Å². The Kier molecular flexibility index (Phi) is 2.26. The van der Waals surface area contributed by atoms with Crippen LogP contribution in [0.1, 0.15) is 18.4 Å². The van der Waals surface area contributed by atoms with Gasteiger partial charge in [0.25, 0.3) is 0 Å². The molecule has 2 aromatic rings. The maximum Gasteiger partial charge on any atom is 0.131 e. The molecule has 0 spiro atoms. The monoisotopic (exact) mass is 227 g/mol. The molecule has 1 saturated carbocycles. The molecule has 0 saturated heterocycles. The fourth-order valence-corrected chi connectivity index (χ4v) is 2.10. The van der Waals surface area contributed by atoms with Gasteiger partial charge in [0.1, 0.15) is 5.82 Å². The smallest absolute Gasteiger partial charge is 0.131 e. The first-order chi connectivity index (χ1) is 8.19. The highest BCUT2D eigenvalue weighted by Crippen LogP contribution is 2.43. The van der Waals surface area contributed by atoms with E-state index in [9.17, 15) is 4.39 Å². The van der Waals surface area contributed by atoms with Gasteiger partial charge in [-0.05, 0) is 30.0 Å². The number of benzene rings is 2. The highest BCUT2D eigenvalue weighted by atomic mass is 19.1. The Balaban J connectivity index is 2.03. The molecule has 86 valence electrons. The number of hydrogen-bond acceptors (Lipinski definition) is 1. The number of hydrogen-bond donors (Lipinski definition) is 1. The highest BCUT2D eigenvalue weighted by molar-refractivity contribution is 5.64. The molecular formula is C15H14FN. The second-order valence-electron chi connectivity index (χ2n) is 4.72. The van der Waals surface area contributed by atoms with Gasteiger partial charge < -0.3 is 5.73 Å². The molecule has 0 amide bonds. The Bertz CT molecular complexity index is 544. The molecule has 1 nitrogen and oxygen atoms in total. The van der Waals surface area contributed by atoms with Crippen molar-refractivity contribution in [1.29, 1.82) is 0 Å². The second kappa shape index (κ2) is 3.67. The zero-order chi connectivity index (χ0) is 11.9. The Labute approximate surface area is 100 Å². The van der Waals surface area contributed by atoms with Crippen molar-refractivity contribution in [1.82, 2.24) is 0 Å². The maximum atomic E-state index is 14.0. The van der Waals surface area contributed by atoms with Crippen molar-refractivity contribution >= 4 is 0 Å². The van der Waals surface area contributed by atoms with Gasteiger partial charge in [0.2, 0.25) is 0 Å². The third kappa shape index (κ3) is 1.85. The molecule has 0 unspecified atom stereocenters. The van der Waals surface area contributed by atoms with E-state index < -0.39 is 0 Å². The van der Waals surface area contributed by atoms with Gasteiger partial charge in [0, 0.05) is 11.1 Å². The molecule has 0 atom stereocenters. The standard InChI is InChI=1S/C15H14FN/c16-14-10-12(15(17)8-9-15)6-7-13(14)11-4-2-1-3-5-11/h1-7,10H,8-9,17H2. The Hall–Kier alpha value is -1.67. The van der Waals surface area contributed by atoms with Crippen molar-refractivity contribution in [2.24, 2.45) is 5.73 Å². The lowest BCUT2D eigenvalue weighted by Crippen LogP contribution is -2.18. The third-order valence-corrected chi connectivity index (χ3v) is 3.42. The van der Waals surface area contributed by atoms with E-state index in [0.717, 1.165) is 24.0 Å². The van der Waals surface area contributed by atoms with Crippen LogP contribution in [0.25, 0.3) is 11.1 Å². The minimum atomic E-state index is -0.268. The van der Waals surface area contributed by atoms with Crippen LogP contribution in [0.15, 0.2) is 48.5 Å². The summed E-state index contributed by atoms with van der Waals surface area (Å²) in [7, 11) is 0. The van der Waals surface area contributed by atoms with E-state index in [4.69, 9.17) is 5.73 Å². The topological polar surface area (TPSA) is 26.0 Å². The normalized spacial score (nSPS) is 16.8. The lowest BCUT2D eigenvalue weighted by Gasteiger charge is -2.11. The Morgan fingerprint density at radius 3 is 2.29 bits per heavy atom. The first-order valence-corrected chi connectivity index (χ1v) is 5.83. The van der Waals surface area contributed by atoms with Crippen LogP contribution in [0.3, 0.4) is 0 Å². The summed E-state index contributed by atoms with van der Waals surface area (Å²) >= 11 is 0. The number of nitrogens with two attached hydrogens (primary N) is 1. The fraction of sp³-hybridized carbons (Fsp3) is 0.200. The van der Waals surface area contributed by atoms with Crippen LogP contribution in [0.2, 0.25) is 0 Å². The van der Waals surface area contributed by atoms with E-state index in [1.165, 1.54) is 0 Å². The van der Waals surface area contributed by atoms with E-state index in [-0.39, 0.29) is 11.4 Å². The lowest BCUT2D eigenvalue weighted by atomic mass is 9.99. The van der Waals surface area contributed by atoms with E-state index in [1.54, 1.807) is 6.07 Å². The summed E-state index contributed by atoms with van der Waals surface area (Å²) in [5.74, 6) is -0.189. The average molecular weight is 227 g/mol. The molecule has 0 aromatic heterocycles. The largest absolute Gasteiger partial charge is 0.321 e. The van der Waals surface area contributed by atoms with Crippen molar-refractivity contribution in [2.75, 3.05) is 0 Å². The lowest BCUT2D eigenvalue weighted by molar-refractivity contribution is 0.621. The summed E-state index contributed by atoms with van der Waals surface area (Å²) in [6, 6.07) is 14.9. The SMILES string of the molecule is NC1(c2ccc(-c3ccccc3)c(F)c2)CC1. The van der Waals surface area contributed by atoms with Crippen LogP contribution in [0, 0.1) is 5.82 Å². The quantitative estimate of drug-likeness (QED) is 0.835.